The lowest BCUT2D eigenvalue weighted by Crippen LogP contribution is -2.18. The van der Waals surface area contributed by atoms with Crippen LogP contribution in [0.2, 0.25) is 0 Å². The summed E-state index contributed by atoms with van der Waals surface area (Å²) in [6.45, 7) is 0. The van der Waals surface area contributed by atoms with Crippen LogP contribution in [-0.4, -0.2) is 21.6 Å². The molecule has 5 rings (SSSR count). The van der Waals surface area contributed by atoms with Crippen molar-refractivity contribution in [3.8, 4) is 22.7 Å². The van der Waals surface area contributed by atoms with Crippen LogP contribution in [0, 0.1) is 0 Å². The highest BCUT2D eigenvalue weighted by molar-refractivity contribution is 6.05. The van der Waals surface area contributed by atoms with E-state index in [-0.39, 0.29) is 5.69 Å². The summed E-state index contributed by atoms with van der Waals surface area (Å²) >= 11 is 0. The summed E-state index contributed by atoms with van der Waals surface area (Å²) in [7, 11) is 1.55. The van der Waals surface area contributed by atoms with Gasteiger partial charge in [0, 0.05) is 40.5 Å². The van der Waals surface area contributed by atoms with E-state index in [4.69, 9.17) is 4.74 Å². The summed E-state index contributed by atoms with van der Waals surface area (Å²) in [6, 6.07) is 16.6. The van der Waals surface area contributed by atoms with Gasteiger partial charge in [-0.1, -0.05) is 12.1 Å². The first-order valence-electron chi connectivity index (χ1n) is 9.98. The molecule has 0 bridgehead atoms. The van der Waals surface area contributed by atoms with Crippen molar-refractivity contribution in [2.45, 2.75) is 6.18 Å². The predicted octanol–water partition coefficient (Wildman–Crippen LogP) is 5.63. The lowest BCUT2D eigenvalue weighted by Gasteiger charge is -2.15. The average Bonchev–Trinajstić information content (AvgIpc) is 2.83. The van der Waals surface area contributed by atoms with Crippen LogP contribution in [0.3, 0.4) is 0 Å². The minimum absolute atomic E-state index is 0.119. The van der Waals surface area contributed by atoms with Crippen molar-refractivity contribution < 1.29 is 17.9 Å². The van der Waals surface area contributed by atoms with Crippen LogP contribution in [0.15, 0.2) is 83.9 Å². The van der Waals surface area contributed by atoms with Gasteiger partial charge in [0.15, 0.2) is 0 Å². The summed E-state index contributed by atoms with van der Waals surface area (Å²) in [5, 5.41) is 1.22. The maximum absolute atomic E-state index is 13.3. The third-order valence-corrected chi connectivity index (χ3v) is 5.41. The topological polar surface area (TPSA) is 57.0 Å². The number of pyridine rings is 3. The number of methoxy groups -OCH3 is 1. The van der Waals surface area contributed by atoms with Gasteiger partial charge in [-0.15, -0.1) is 0 Å². The van der Waals surface area contributed by atoms with E-state index in [1.807, 2.05) is 12.1 Å². The Morgan fingerprint density at radius 3 is 2.58 bits per heavy atom. The zero-order valence-corrected chi connectivity index (χ0v) is 17.3. The van der Waals surface area contributed by atoms with E-state index in [2.05, 4.69) is 9.97 Å². The van der Waals surface area contributed by atoms with Gasteiger partial charge in [0.05, 0.1) is 23.7 Å². The van der Waals surface area contributed by atoms with Crippen LogP contribution in [0.5, 0.6) is 5.75 Å². The Hall–Kier alpha value is -4.20. The van der Waals surface area contributed by atoms with Crippen molar-refractivity contribution in [2.24, 2.45) is 0 Å². The molecule has 3 aromatic heterocycles. The molecule has 0 unspecified atom stereocenters. The molecule has 3 heterocycles. The van der Waals surface area contributed by atoms with Gasteiger partial charge in [-0.3, -0.25) is 19.3 Å². The normalized spacial score (nSPS) is 11.8. The summed E-state index contributed by atoms with van der Waals surface area (Å²) in [5.41, 5.74) is 1.21. The number of fused-ring (bicyclic) bond motifs is 3. The molecule has 164 valence electrons. The van der Waals surface area contributed by atoms with E-state index in [0.29, 0.717) is 33.2 Å². The van der Waals surface area contributed by atoms with E-state index in [1.54, 1.807) is 43.8 Å². The first kappa shape index (κ1) is 20.7. The van der Waals surface area contributed by atoms with Crippen molar-refractivity contribution in [1.82, 2.24) is 14.5 Å². The number of ether oxygens (including phenoxy) is 1. The second kappa shape index (κ2) is 7.74. The number of benzene rings is 2. The Bertz CT molecular complexity index is 1580. The third-order valence-electron chi connectivity index (χ3n) is 5.41. The van der Waals surface area contributed by atoms with Gasteiger partial charge in [0.1, 0.15) is 11.4 Å². The zero-order chi connectivity index (χ0) is 23.2. The molecule has 0 aliphatic heterocycles. The smallest absolute Gasteiger partial charge is 0.416 e. The van der Waals surface area contributed by atoms with Crippen molar-refractivity contribution in [1.29, 1.82) is 0 Å². The van der Waals surface area contributed by atoms with E-state index in [9.17, 15) is 18.0 Å². The largest absolute Gasteiger partial charge is 0.494 e. The lowest BCUT2D eigenvalue weighted by molar-refractivity contribution is -0.137. The molecular formula is C25H16F3N3O2. The number of nitrogens with zero attached hydrogens (tertiary/aromatic N) is 3. The summed E-state index contributed by atoms with van der Waals surface area (Å²) in [5.74, 6) is 0.570. The van der Waals surface area contributed by atoms with Crippen molar-refractivity contribution >= 4 is 21.8 Å². The van der Waals surface area contributed by atoms with Gasteiger partial charge in [-0.25, -0.2) is 0 Å². The molecule has 0 radical (unpaired) electrons. The van der Waals surface area contributed by atoms with Gasteiger partial charge < -0.3 is 4.74 Å². The zero-order valence-electron chi connectivity index (χ0n) is 17.3. The lowest BCUT2D eigenvalue weighted by atomic mass is 10.0. The van der Waals surface area contributed by atoms with Gasteiger partial charge >= 0.3 is 6.18 Å². The molecule has 8 heteroatoms. The number of rotatable bonds is 3. The van der Waals surface area contributed by atoms with Gasteiger partial charge in [0.25, 0.3) is 5.56 Å². The maximum Gasteiger partial charge on any atom is 0.416 e. The molecule has 5 aromatic rings. The molecule has 2 aromatic carbocycles. The fourth-order valence-corrected chi connectivity index (χ4v) is 3.91. The van der Waals surface area contributed by atoms with Crippen LogP contribution in [0.4, 0.5) is 13.2 Å². The standard InChI is InChI=1S/C25H16F3N3O2/c1-33-21-6-3-11-29-23(21)15-7-9-20-19(12-15)24-16(14-30-20)8-10-22(32)31(24)18-5-2-4-17(13-18)25(26,27)28/h2-14H,1H3. The van der Waals surface area contributed by atoms with Crippen molar-refractivity contribution in [3.63, 3.8) is 0 Å². The van der Waals surface area contributed by atoms with E-state index >= 15 is 0 Å². The van der Waals surface area contributed by atoms with Crippen LogP contribution >= 0.6 is 0 Å². The average molecular weight is 447 g/mol. The number of hydrogen-bond acceptors (Lipinski definition) is 4. The Balaban J connectivity index is 1.85. The monoisotopic (exact) mass is 447 g/mol. The van der Waals surface area contributed by atoms with Crippen molar-refractivity contribution in [3.05, 3.63) is 95.0 Å². The summed E-state index contributed by atoms with van der Waals surface area (Å²) in [6.07, 6.45) is -1.29. The minimum Gasteiger partial charge on any atom is -0.494 e. The number of hydrogen-bond donors (Lipinski definition) is 0. The van der Waals surface area contributed by atoms with Gasteiger partial charge in [0.2, 0.25) is 0 Å². The molecule has 0 saturated heterocycles. The fourth-order valence-electron chi connectivity index (χ4n) is 3.91. The Morgan fingerprint density at radius 2 is 1.79 bits per heavy atom. The maximum atomic E-state index is 13.3. The van der Waals surface area contributed by atoms with Gasteiger partial charge in [-0.2, -0.15) is 13.2 Å². The molecule has 0 fully saturated rings. The van der Waals surface area contributed by atoms with Crippen LogP contribution in [0.25, 0.3) is 38.8 Å². The van der Waals surface area contributed by atoms with E-state index < -0.39 is 17.3 Å². The number of halogens is 3. The molecule has 0 aliphatic carbocycles. The molecular weight excluding hydrogens is 431 g/mol. The summed E-state index contributed by atoms with van der Waals surface area (Å²) in [4.78, 5) is 21.8. The summed E-state index contributed by atoms with van der Waals surface area (Å²) < 4.78 is 46.7. The Morgan fingerprint density at radius 1 is 0.939 bits per heavy atom. The molecule has 0 spiro atoms. The van der Waals surface area contributed by atoms with Gasteiger partial charge in [-0.05, 0) is 48.5 Å². The molecule has 0 saturated carbocycles. The molecule has 0 atom stereocenters. The molecule has 0 amide bonds. The van der Waals surface area contributed by atoms with Crippen molar-refractivity contribution in [2.75, 3.05) is 7.11 Å². The minimum atomic E-state index is -4.53. The molecule has 0 N–H and O–H groups in total. The van der Waals surface area contributed by atoms with E-state index in [0.717, 1.165) is 17.7 Å². The quantitative estimate of drug-likeness (QED) is 0.337. The first-order chi connectivity index (χ1) is 15.9. The highest BCUT2D eigenvalue weighted by Gasteiger charge is 2.30. The first-order valence-corrected chi connectivity index (χ1v) is 9.98. The fraction of sp³-hybridized carbons (Fsp3) is 0.0800. The Kier molecular flexibility index (Phi) is 4.85. The second-order valence-corrected chi connectivity index (χ2v) is 7.40. The highest BCUT2D eigenvalue weighted by atomic mass is 19.4. The SMILES string of the molecule is COc1cccnc1-c1ccc2ncc3ccc(=O)n(-c4cccc(C(F)(F)F)c4)c3c2c1. The van der Waals surface area contributed by atoms with Crippen LogP contribution < -0.4 is 10.3 Å². The number of aromatic nitrogens is 3. The Labute approximate surface area is 185 Å². The predicted molar refractivity (Wildman–Crippen MR) is 120 cm³/mol. The molecule has 0 aliphatic rings. The molecule has 33 heavy (non-hydrogen) atoms. The van der Waals surface area contributed by atoms with E-state index in [1.165, 1.54) is 22.8 Å². The second-order valence-electron chi connectivity index (χ2n) is 7.40. The molecule has 5 nitrogen and oxygen atoms in total. The third kappa shape index (κ3) is 3.59. The van der Waals surface area contributed by atoms with Crippen LogP contribution in [0.1, 0.15) is 5.56 Å². The highest BCUT2D eigenvalue weighted by Crippen LogP contribution is 2.34. The van der Waals surface area contributed by atoms with Crippen LogP contribution in [-0.2, 0) is 6.18 Å². The number of alkyl halides is 3.